The largest absolute Gasteiger partial charge is 0.369 e. The van der Waals surface area contributed by atoms with Crippen molar-refractivity contribution in [2.45, 2.75) is 6.92 Å². The van der Waals surface area contributed by atoms with E-state index in [2.05, 4.69) is 34.4 Å². The van der Waals surface area contributed by atoms with Gasteiger partial charge in [-0.05, 0) is 13.0 Å². The average Bonchev–Trinajstić information content (AvgIpc) is 2.99. The lowest BCUT2D eigenvalue weighted by molar-refractivity contribution is -0.654. The zero-order valence-corrected chi connectivity index (χ0v) is 13.3. The van der Waals surface area contributed by atoms with Crippen LogP contribution in [0.5, 0.6) is 0 Å². The van der Waals surface area contributed by atoms with Crippen LogP contribution in [0, 0.1) is 6.92 Å². The Morgan fingerprint density at radius 1 is 1.08 bits per heavy atom. The van der Waals surface area contributed by atoms with Crippen LogP contribution in [0.3, 0.4) is 0 Å². The maximum atomic E-state index is 5.32. The molecule has 0 fully saturated rings. The van der Waals surface area contributed by atoms with Crippen LogP contribution in [0.15, 0.2) is 71.0 Å². The van der Waals surface area contributed by atoms with Gasteiger partial charge in [0.25, 0.3) is 0 Å². The van der Waals surface area contributed by atoms with Gasteiger partial charge in [0.15, 0.2) is 0 Å². The topological polar surface area (TPSA) is 96.4 Å². The Morgan fingerprint density at radius 3 is 2.58 bits per heavy atom. The van der Waals surface area contributed by atoms with Gasteiger partial charge >= 0.3 is 0 Å². The Bertz CT molecular complexity index is 889. The molecule has 0 saturated carbocycles. The predicted octanol–water partition coefficient (Wildman–Crippen LogP) is 1.87. The molecule has 3 rings (SSSR count). The van der Waals surface area contributed by atoms with Crippen LogP contribution in [0.25, 0.3) is 16.9 Å². The molecule has 0 aliphatic carbocycles. The van der Waals surface area contributed by atoms with Crippen molar-refractivity contribution in [2.75, 3.05) is 0 Å². The van der Waals surface area contributed by atoms with Gasteiger partial charge in [-0.15, -0.1) is 5.10 Å². The monoisotopic (exact) mass is 319 g/mol. The molecule has 5 N–H and O–H groups in total. The van der Waals surface area contributed by atoms with E-state index in [0.29, 0.717) is 0 Å². The molecule has 3 aromatic rings. The second kappa shape index (κ2) is 6.78. The number of aryl methyl sites for hydroxylation is 1. The highest BCUT2D eigenvalue weighted by Crippen LogP contribution is 2.21. The van der Waals surface area contributed by atoms with Gasteiger partial charge in [0.05, 0.1) is 11.8 Å². The van der Waals surface area contributed by atoms with Crippen LogP contribution in [-0.2, 0) is 0 Å². The van der Waals surface area contributed by atoms with Gasteiger partial charge in [0.2, 0.25) is 17.8 Å². The van der Waals surface area contributed by atoms with E-state index in [1.807, 2.05) is 53.3 Å². The van der Waals surface area contributed by atoms with Crippen molar-refractivity contribution in [1.29, 1.82) is 0 Å². The third-order valence-corrected chi connectivity index (χ3v) is 3.50. The fourth-order valence-electron chi connectivity index (χ4n) is 2.44. The zero-order valence-electron chi connectivity index (χ0n) is 13.3. The first-order valence-electron chi connectivity index (χ1n) is 7.52. The summed E-state index contributed by atoms with van der Waals surface area (Å²) in [6.07, 6.45) is 3.59. The fourth-order valence-corrected chi connectivity index (χ4v) is 2.44. The van der Waals surface area contributed by atoms with Crippen LogP contribution >= 0.6 is 0 Å². The summed E-state index contributed by atoms with van der Waals surface area (Å²) in [5.41, 5.74) is 15.7. The quantitative estimate of drug-likeness (QED) is 0.296. The second-order valence-electron chi connectivity index (χ2n) is 5.42. The molecule has 1 aromatic heterocycles. The van der Waals surface area contributed by atoms with Crippen LogP contribution in [0.4, 0.5) is 0 Å². The summed E-state index contributed by atoms with van der Waals surface area (Å²) >= 11 is 0. The van der Waals surface area contributed by atoms with E-state index in [-0.39, 0.29) is 5.96 Å². The number of nitrogens with zero attached hydrogens (tertiary/aromatic N) is 3. The zero-order chi connectivity index (χ0) is 16.9. The summed E-state index contributed by atoms with van der Waals surface area (Å²) in [6.45, 7) is 2.06. The second-order valence-corrected chi connectivity index (χ2v) is 5.42. The molecular weight excluding hydrogens is 300 g/mol. The van der Waals surface area contributed by atoms with Crippen molar-refractivity contribution in [3.05, 3.63) is 71.9 Å². The number of nitrogens with one attached hydrogen (secondary N) is 1. The van der Waals surface area contributed by atoms with E-state index in [9.17, 15) is 0 Å². The average molecular weight is 319 g/mol. The Hall–Kier alpha value is -3.41. The van der Waals surface area contributed by atoms with E-state index in [4.69, 9.17) is 11.5 Å². The SMILES string of the molecule is Cc1cccc(-c2[nH][n+](-c3ccccc3)cc2/C=N/N=C(N)N)c1. The van der Waals surface area contributed by atoms with Gasteiger partial charge in [-0.3, -0.25) is 0 Å². The van der Waals surface area contributed by atoms with Crippen LogP contribution < -0.4 is 16.1 Å². The third-order valence-electron chi connectivity index (χ3n) is 3.50. The number of rotatable bonds is 4. The van der Waals surface area contributed by atoms with Gasteiger partial charge in [-0.1, -0.05) is 46.6 Å². The Morgan fingerprint density at radius 2 is 1.88 bits per heavy atom. The number of guanidine groups is 1. The van der Waals surface area contributed by atoms with E-state index >= 15 is 0 Å². The number of nitrogens with two attached hydrogens (primary N) is 2. The van der Waals surface area contributed by atoms with Crippen LogP contribution in [0.2, 0.25) is 0 Å². The van der Waals surface area contributed by atoms with Crippen LogP contribution in [-0.4, -0.2) is 17.3 Å². The molecule has 0 unspecified atom stereocenters. The molecule has 6 heteroatoms. The van der Waals surface area contributed by atoms with Crippen molar-refractivity contribution < 1.29 is 4.68 Å². The summed E-state index contributed by atoms with van der Waals surface area (Å²) in [7, 11) is 0. The van der Waals surface area contributed by atoms with Crippen molar-refractivity contribution in [3.8, 4) is 16.9 Å². The van der Waals surface area contributed by atoms with Gasteiger partial charge in [0.1, 0.15) is 5.69 Å². The number of para-hydroxylation sites is 1. The first-order chi connectivity index (χ1) is 11.6. The third kappa shape index (κ3) is 3.49. The molecule has 0 aliphatic rings. The van der Waals surface area contributed by atoms with Crippen molar-refractivity contribution in [3.63, 3.8) is 0 Å². The lowest BCUT2D eigenvalue weighted by Gasteiger charge is -1.99. The number of hydrogen-bond acceptors (Lipinski definition) is 2. The molecule has 24 heavy (non-hydrogen) atoms. The van der Waals surface area contributed by atoms with E-state index < -0.39 is 0 Å². The lowest BCUT2D eigenvalue weighted by atomic mass is 10.1. The van der Waals surface area contributed by atoms with Gasteiger partial charge < -0.3 is 11.5 Å². The number of H-pyrrole nitrogens is 1. The Balaban J connectivity index is 2.09. The molecule has 0 atom stereocenters. The Kier molecular flexibility index (Phi) is 4.38. The first kappa shape index (κ1) is 15.5. The van der Waals surface area contributed by atoms with Gasteiger partial charge in [-0.2, -0.15) is 10.2 Å². The normalized spacial score (nSPS) is 10.9. The molecule has 1 heterocycles. The van der Waals surface area contributed by atoms with Crippen LogP contribution in [0.1, 0.15) is 11.1 Å². The maximum absolute atomic E-state index is 5.32. The van der Waals surface area contributed by atoms with Crippen molar-refractivity contribution in [1.82, 2.24) is 5.10 Å². The number of aromatic amines is 1. The van der Waals surface area contributed by atoms with E-state index in [0.717, 1.165) is 22.5 Å². The minimum Gasteiger partial charge on any atom is -0.369 e. The van der Waals surface area contributed by atoms with Crippen molar-refractivity contribution in [2.24, 2.45) is 21.7 Å². The first-order valence-corrected chi connectivity index (χ1v) is 7.52. The molecule has 120 valence electrons. The molecule has 2 aromatic carbocycles. The summed E-state index contributed by atoms with van der Waals surface area (Å²) < 4.78 is 1.94. The Labute approximate surface area is 140 Å². The summed E-state index contributed by atoms with van der Waals surface area (Å²) in [5, 5.41) is 11.0. The molecular formula is C18H19N6+. The number of hydrogen-bond donors (Lipinski definition) is 3. The summed E-state index contributed by atoms with van der Waals surface area (Å²) in [4.78, 5) is 0. The highest BCUT2D eigenvalue weighted by molar-refractivity contribution is 5.88. The molecule has 0 amide bonds. The van der Waals surface area contributed by atoms with Crippen molar-refractivity contribution >= 4 is 12.2 Å². The molecule has 6 nitrogen and oxygen atoms in total. The lowest BCUT2D eigenvalue weighted by Crippen LogP contribution is -2.31. The van der Waals surface area contributed by atoms with Gasteiger partial charge in [-0.25, -0.2) is 0 Å². The molecule has 0 bridgehead atoms. The number of aromatic nitrogens is 2. The van der Waals surface area contributed by atoms with Gasteiger partial charge in [0, 0.05) is 17.7 Å². The molecule has 0 saturated heterocycles. The molecule has 0 aliphatic heterocycles. The summed E-state index contributed by atoms with van der Waals surface area (Å²) in [5.74, 6) is -0.0742. The highest BCUT2D eigenvalue weighted by Gasteiger charge is 2.17. The van der Waals surface area contributed by atoms with E-state index in [1.165, 1.54) is 5.56 Å². The number of benzene rings is 2. The summed E-state index contributed by atoms with van der Waals surface area (Å²) in [6, 6.07) is 18.2. The predicted molar refractivity (Wildman–Crippen MR) is 95.9 cm³/mol. The molecule has 0 radical (unpaired) electrons. The maximum Gasteiger partial charge on any atom is 0.235 e. The highest BCUT2D eigenvalue weighted by atomic mass is 15.3. The van der Waals surface area contributed by atoms with E-state index in [1.54, 1.807) is 6.21 Å². The fraction of sp³-hybridized carbons (Fsp3) is 0.0556. The minimum absolute atomic E-state index is 0.0742. The minimum atomic E-state index is -0.0742. The standard InChI is InChI=1S/C18H18N6/c1-13-6-5-7-14(10-13)17-15(11-21-22-18(19)20)12-24(23-17)16-8-3-2-4-9-16/h2-12H,1H3,(H4,19,20,22)/p+1/b21-11+. The molecule has 0 spiro atoms. The smallest absolute Gasteiger partial charge is 0.235 e.